The fourth-order valence-electron chi connectivity index (χ4n) is 5.28. The summed E-state index contributed by atoms with van der Waals surface area (Å²) in [5, 5.41) is 11.3. The number of ether oxygens (including phenoxy) is 1. The van der Waals surface area contributed by atoms with Crippen LogP contribution in [-0.2, 0) is 4.74 Å². The molecule has 2 aromatic rings. The van der Waals surface area contributed by atoms with Gasteiger partial charge in [-0.05, 0) is 26.2 Å². The summed E-state index contributed by atoms with van der Waals surface area (Å²) in [5.74, 6) is -6.13. The standard InChI is InChI=1S/C24H24F3N3O5/c1-2-35-24(34)28-15-5-3-4-11-8-29(9-13(11)15)21-18(26)17(25)16-20(19(21)27)30(12-6-7-12)10-14(22(16)31)23(32)33/h3-4,10-13,15H,2,5-9H2,1H3,(H,28,34)(H,32,33). The molecule has 0 radical (unpaired) electrons. The summed E-state index contributed by atoms with van der Waals surface area (Å²) in [5.41, 5.74) is -3.02. The Hall–Kier alpha value is -3.50. The highest BCUT2D eigenvalue weighted by atomic mass is 19.2. The van der Waals surface area contributed by atoms with E-state index in [1.165, 1.54) is 9.47 Å². The third-order valence-electron chi connectivity index (χ3n) is 7.04. The van der Waals surface area contributed by atoms with Gasteiger partial charge in [-0.2, -0.15) is 0 Å². The highest BCUT2D eigenvalue weighted by molar-refractivity contribution is 5.94. The number of pyridine rings is 1. The summed E-state index contributed by atoms with van der Waals surface area (Å²) in [6.07, 6.45) is 5.95. The van der Waals surface area contributed by atoms with E-state index >= 15 is 13.2 Å². The average molecular weight is 491 g/mol. The molecule has 0 bridgehead atoms. The number of carboxylic acids is 1. The van der Waals surface area contributed by atoms with Gasteiger partial charge in [0.1, 0.15) is 11.3 Å². The predicted molar refractivity (Wildman–Crippen MR) is 120 cm³/mol. The number of halogens is 3. The van der Waals surface area contributed by atoms with Crippen LogP contribution in [0.25, 0.3) is 10.9 Å². The van der Waals surface area contributed by atoms with Gasteiger partial charge < -0.3 is 24.6 Å². The second kappa shape index (κ2) is 8.62. The number of fused-ring (bicyclic) bond motifs is 2. The normalized spacial score (nSPS) is 23.4. The second-order valence-corrected chi connectivity index (χ2v) is 9.20. The third-order valence-corrected chi connectivity index (χ3v) is 7.04. The smallest absolute Gasteiger partial charge is 0.407 e. The summed E-state index contributed by atoms with van der Waals surface area (Å²) < 4.78 is 52.8. The molecule has 3 atom stereocenters. The molecule has 2 aliphatic carbocycles. The summed E-state index contributed by atoms with van der Waals surface area (Å²) >= 11 is 0. The van der Waals surface area contributed by atoms with Crippen molar-refractivity contribution in [1.82, 2.24) is 9.88 Å². The zero-order valence-electron chi connectivity index (χ0n) is 18.9. The molecule has 1 saturated heterocycles. The van der Waals surface area contributed by atoms with Crippen LogP contribution in [0.1, 0.15) is 42.6 Å². The van der Waals surface area contributed by atoms with Gasteiger partial charge in [0, 0.05) is 43.2 Å². The molecule has 2 fully saturated rings. The number of carboxylic acid groups (broad SMARTS) is 1. The Labute approximate surface area is 198 Å². The number of nitrogens with one attached hydrogen (secondary N) is 1. The molecule has 3 unspecified atom stereocenters. The summed E-state index contributed by atoms with van der Waals surface area (Å²) in [4.78, 5) is 37.6. The van der Waals surface area contributed by atoms with Gasteiger partial charge in [-0.1, -0.05) is 12.2 Å². The van der Waals surface area contributed by atoms with E-state index in [0.29, 0.717) is 19.3 Å². The van der Waals surface area contributed by atoms with Crippen molar-refractivity contribution in [2.75, 3.05) is 24.6 Å². The first-order chi connectivity index (χ1) is 16.7. The largest absolute Gasteiger partial charge is 0.477 e. The van der Waals surface area contributed by atoms with Crippen molar-refractivity contribution in [3.05, 3.63) is 51.6 Å². The lowest BCUT2D eigenvalue weighted by molar-refractivity contribution is 0.0694. The number of rotatable bonds is 5. The van der Waals surface area contributed by atoms with Crippen LogP contribution in [0.5, 0.6) is 0 Å². The highest BCUT2D eigenvalue weighted by Gasteiger charge is 2.42. The molecule has 8 nitrogen and oxygen atoms in total. The Morgan fingerprint density at radius 2 is 1.91 bits per heavy atom. The number of hydrogen-bond acceptors (Lipinski definition) is 5. The Kier molecular flexibility index (Phi) is 5.72. The number of carbonyl (C=O) groups excluding carboxylic acids is 1. The molecule has 35 heavy (non-hydrogen) atoms. The minimum atomic E-state index is -1.59. The number of carbonyl (C=O) groups is 2. The van der Waals surface area contributed by atoms with Crippen molar-refractivity contribution in [3.63, 3.8) is 0 Å². The number of alkyl carbamates (subject to hydrolysis) is 1. The lowest BCUT2D eigenvalue weighted by Crippen LogP contribution is -2.44. The van der Waals surface area contributed by atoms with Crippen molar-refractivity contribution in [1.29, 1.82) is 0 Å². The van der Waals surface area contributed by atoms with Crippen molar-refractivity contribution in [2.45, 2.75) is 38.3 Å². The fourth-order valence-corrected chi connectivity index (χ4v) is 5.28. The van der Waals surface area contributed by atoms with E-state index in [1.54, 1.807) is 6.92 Å². The number of anilines is 1. The first-order valence-corrected chi connectivity index (χ1v) is 11.6. The summed E-state index contributed by atoms with van der Waals surface area (Å²) in [7, 11) is 0. The number of hydrogen-bond donors (Lipinski definition) is 2. The SMILES string of the molecule is CCOC(=O)NC1CC=CC2CN(c3c(F)c(F)c4c(=O)c(C(=O)O)cn(C5CC5)c4c3F)CC21. The number of nitrogens with zero attached hydrogens (tertiary/aromatic N) is 2. The van der Waals surface area contributed by atoms with Crippen LogP contribution in [0.4, 0.5) is 23.7 Å². The molecule has 1 amide bonds. The van der Waals surface area contributed by atoms with E-state index in [9.17, 15) is 19.5 Å². The zero-order valence-corrected chi connectivity index (χ0v) is 18.9. The fraction of sp³-hybridized carbons (Fsp3) is 0.458. The van der Waals surface area contributed by atoms with Gasteiger partial charge in [-0.15, -0.1) is 0 Å². The minimum absolute atomic E-state index is 0.145. The van der Waals surface area contributed by atoms with Crippen molar-refractivity contribution in [2.24, 2.45) is 11.8 Å². The first-order valence-electron chi connectivity index (χ1n) is 11.6. The van der Waals surface area contributed by atoms with E-state index in [4.69, 9.17) is 4.74 Å². The maximum absolute atomic E-state index is 15.9. The molecule has 1 aliphatic heterocycles. The molecule has 3 aliphatic rings. The molecule has 2 heterocycles. The van der Waals surface area contributed by atoms with Crippen molar-refractivity contribution in [3.8, 4) is 0 Å². The Bertz CT molecular complexity index is 1320. The van der Waals surface area contributed by atoms with Crippen LogP contribution in [0.3, 0.4) is 0 Å². The van der Waals surface area contributed by atoms with Gasteiger partial charge in [0.05, 0.1) is 17.5 Å². The third kappa shape index (κ3) is 3.82. The molecule has 1 aromatic carbocycles. The van der Waals surface area contributed by atoms with Crippen molar-refractivity contribution >= 4 is 28.7 Å². The van der Waals surface area contributed by atoms with Crippen LogP contribution < -0.4 is 15.6 Å². The monoisotopic (exact) mass is 491 g/mol. The molecule has 0 spiro atoms. The van der Waals surface area contributed by atoms with Gasteiger partial charge in [0.15, 0.2) is 17.5 Å². The number of amides is 1. The predicted octanol–water partition coefficient (Wildman–Crippen LogP) is 3.58. The van der Waals surface area contributed by atoms with Crippen molar-refractivity contribution < 1.29 is 32.6 Å². The van der Waals surface area contributed by atoms with Gasteiger partial charge in [0.2, 0.25) is 5.43 Å². The maximum atomic E-state index is 15.9. The average Bonchev–Trinajstić information content (AvgIpc) is 3.56. The Morgan fingerprint density at radius 1 is 1.17 bits per heavy atom. The molecule has 11 heteroatoms. The minimum Gasteiger partial charge on any atom is -0.477 e. The maximum Gasteiger partial charge on any atom is 0.407 e. The van der Waals surface area contributed by atoms with Crippen LogP contribution in [-0.4, -0.2) is 47.5 Å². The quantitative estimate of drug-likeness (QED) is 0.490. The molecule has 186 valence electrons. The highest BCUT2D eigenvalue weighted by Crippen LogP contribution is 2.43. The Morgan fingerprint density at radius 3 is 2.57 bits per heavy atom. The summed E-state index contributed by atoms with van der Waals surface area (Å²) in [6, 6.07) is -0.626. The van der Waals surface area contributed by atoms with Crippen LogP contribution in [0, 0.1) is 29.3 Å². The first kappa shape index (κ1) is 23.3. The molecule has 2 N–H and O–H groups in total. The van der Waals surface area contributed by atoms with Crippen LogP contribution in [0.15, 0.2) is 23.1 Å². The van der Waals surface area contributed by atoms with Crippen LogP contribution in [0.2, 0.25) is 0 Å². The lowest BCUT2D eigenvalue weighted by Gasteiger charge is -2.29. The van der Waals surface area contributed by atoms with E-state index < -0.39 is 57.1 Å². The molecular formula is C24H24F3N3O5. The second-order valence-electron chi connectivity index (χ2n) is 9.20. The zero-order chi connectivity index (χ0) is 25.0. The van der Waals surface area contributed by atoms with Gasteiger partial charge in [-0.3, -0.25) is 4.79 Å². The topological polar surface area (TPSA) is 101 Å². The molecular weight excluding hydrogens is 467 g/mol. The summed E-state index contributed by atoms with van der Waals surface area (Å²) in [6.45, 7) is 2.21. The van der Waals surface area contributed by atoms with E-state index in [-0.39, 0.29) is 43.6 Å². The number of aromatic nitrogens is 1. The van der Waals surface area contributed by atoms with E-state index in [1.807, 2.05) is 12.2 Å². The number of aromatic carboxylic acids is 1. The van der Waals surface area contributed by atoms with E-state index in [2.05, 4.69) is 5.32 Å². The van der Waals surface area contributed by atoms with Crippen LogP contribution >= 0.6 is 0 Å². The van der Waals surface area contributed by atoms with Gasteiger partial charge in [-0.25, -0.2) is 22.8 Å². The van der Waals surface area contributed by atoms with Gasteiger partial charge >= 0.3 is 12.1 Å². The number of benzene rings is 1. The van der Waals surface area contributed by atoms with Gasteiger partial charge in [0.25, 0.3) is 0 Å². The van der Waals surface area contributed by atoms with E-state index in [0.717, 1.165) is 6.20 Å². The molecule has 1 saturated carbocycles. The lowest BCUT2D eigenvalue weighted by atomic mass is 9.83. The molecule has 1 aromatic heterocycles. The Balaban J connectivity index is 1.59. The molecule has 5 rings (SSSR count).